The summed E-state index contributed by atoms with van der Waals surface area (Å²) in [7, 11) is 0. The highest BCUT2D eigenvalue weighted by Crippen LogP contribution is 2.22. The Kier molecular flexibility index (Phi) is 9.87. The molecule has 9 nitrogen and oxygen atoms in total. The van der Waals surface area contributed by atoms with E-state index >= 15 is 0 Å². The lowest BCUT2D eigenvalue weighted by molar-refractivity contribution is -0.384. The number of likely N-dealkylation sites (tertiary alicyclic amines) is 1. The molecule has 1 heterocycles. The van der Waals surface area contributed by atoms with Crippen molar-refractivity contribution in [2.45, 2.75) is 52.6 Å². The van der Waals surface area contributed by atoms with Gasteiger partial charge in [0.2, 0.25) is 11.8 Å². The van der Waals surface area contributed by atoms with E-state index in [-0.39, 0.29) is 29.5 Å². The predicted molar refractivity (Wildman–Crippen MR) is 119 cm³/mol. The van der Waals surface area contributed by atoms with Crippen molar-refractivity contribution in [3.05, 3.63) is 33.9 Å². The SMILES string of the molecule is Cc1cc([N+](=O)[O-])ccc1NC(=O)CCN1CCC(C(=O)NCCCOC(C)C)CC1. The fraction of sp³-hybridized carbons (Fsp3) is 0.636. The zero-order valence-electron chi connectivity index (χ0n) is 18.7. The molecule has 0 aliphatic carbocycles. The predicted octanol–water partition coefficient (Wildman–Crippen LogP) is 2.88. The highest BCUT2D eigenvalue weighted by molar-refractivity contribution is 5.91. The molecule has 0 saturated carbocycles. The van der Waals surface area contributed by atoms with Crippen LogP contribution in [-0.4, -0.2) is 60.5 Å². The second kappa shape index (κ2) is 12.4. The Hall–Kier alpha value is -2.52. The van der Waals surface area contributed by atoms with Gasteiger partial charge in [-0.15, -0.1) is 0 Å². The molecule has 0 atom stereocenters. The third-order valence-corrected chi connectivity index (χ3v) is 5.38. The minimum absolute atomic E-state index is 0.00583. The van der Waals surface area contributed by atoms with Gasteiger partial charge < -0.3 is 20.3 Å². The molecule has 0 radical (unpaired) electrons. The summed E-state index contributed by atoms with van der Waals surface area (Å²) in [6.45, 7) is 9.20. The van der Waals surface area contributed by atoms with E-state index < -0.39 is 4.92 Å². The second-order valence-electron chi connectivity index (χ2n) is 8.23. The Morgan fingerprint density at radius 1 is 1.29 bits per heavy atom. The Morgan fingerprint density at radius 3 is 2.61 bits per heavy atom. The van der Waals surface area contributed by atoms with Crippen LogP contribution in [0.4, 0.5) is 11.4 Å². The summed E-state index contributed by atoms with van der Waals surface area (Å²) < 4.78 is 5.47. The van der Waals surface area contributed by atoms with Crippen LogP contribution in [0.3, 0.4) is 0 Å². The average Bonchev–Trinajstić information content (AvgIpc) is 2.73. The molecule has 172 valence electrons. The topological polar surface area (TPSA) is 114 Å². The number of ether oxygens (including phenoxy) is 1. The van der Waals surface area contributed by atoms with Crippen molar-refractivity contribution < 1.29 is 19.2 Å². The zero-order valence-corrected chi connectivity index (χ0v) is 18.7. The minimum Gasteiger partial charge on any atom is -0.379 e. The van der Waals surface area contributed by atoms with Gasteiger partial charge in [-0.05, 0) is 64.8 Å². The van der Waals surface area contributed by atoms with Crippen molar-refractivity contribution in [2.75, 3.05) is 38.1 Å². The van der Waals surface area contributed by atoms with E-state index in [9.17, 15) is 19.7 Å². The van der Waals surface area contributed by atoms with Gasteiger partial charge in [0.15, 0.2) is 0 Å². The number of carbonyl (C=O) groups is 2. The van der Waals surface area contributed by atoms with E-state index in [1.54, 1.807) is 13.0 Å². The highest BCUT2D eigenvalue weighted by atomic mass is 16.6. The first kappa shape index (κ1) is 24.7. The number of aryl methyl sites for hydroxylation is 1. The number of nitro benzene ring substituents is 1. The van der Waals surface area contributed by atoms with Crippen molar-refractivity contribution in [3.63, 3.8) is 0 Å². The molecule has 0 spiro atoms. The first-order chi connectivity index (χ1) is 14.8. The zero-order chi connectivity index (χ0) is 22.8. The van der Waals surface area contributed by atoms with E-state index in [1.165, 1.54) is 12.1 Å². The summed E-state index contributed by atoms with van der Waals surface area (Å²) in [6, 6.07) is 4.39. The van der Waals surface area contributed by atoms with Crippen molar-refractivity contribution >= 4 is 23.2 Å². The third kappa shape index (κ3) is 8.63. The van der Waals surface area contributed by atoms with Crippen LogP contribution in [-0.2, 0) is 14.3 Å². The molecular weight excluding hydrogens is 400 g/mol. The van der Waals surface area contributed by atoms with E-state index in [2.05, 4.69) is 15.5 Å². The molecule has 1 aliphatic heterocycles. The smallest absolute Gasteiger partial charge is 0.269 e. The Morgan fingerprint density at radius 2 is 2.00 bits per heavy atom. The van der Waals surface area contributed by atoms with Crippen molar-refractivity contribution in [1.82, 2.24) is 10.2 Å². The number of hydrogen-bond donors (Lipinski definition) is 2. The van der Waals surface area contributed by atoms with E-state index in [4.69, 9.17) is 4.74 Å². The molecule has 0 bridgehead atoms. The number of rotatable bonds is 11. The molecule has 1 aliphatic rings. The van der Waals surface area contributed by atoms with Crippen LogP contribution in [0.25, 0.3) is 0 Å². The van der Waals surface area contributed by atoms with E-state index in [0.29, 0.717) is 37.4 Å². The average molecular weight is 435 g/mol. The molecule has 1 fully saturated rings. The lowest BCUT2D eigenvalue weighted by Crippen LogP contribution is -2.41. The number of non-ortho nitro benzene ring substituents is 1. The number of nitrogens with zero attached hydrogens (tertiary/aromatic N) is 2. The second-order valence-corrected chi connectivity index (χ2v) is 8.23. The summed E-state index contributed by atoms with van der Waals surface area (Å²) >= 11 is 0. The van der Waals surface area contributed by atoms with Crippen LogP contribution in [0.1, 0.15) is 45.1 Å². The third-order valence-electron chi connectivity index (χ3n) is 5.38. The largest absolute Gasteiger partial charge is 0.379 e. The molecule has 2 rings (SSSR count). The molecule has 1 aromatic rings. The molecule has 9 heteroatoms. The number of amides is 2. The highest BCUT2D eigenvalue weighted by Gasteiger charge is 2.24. The summed E-state index contributed by atoms with van der Waals surface area (Å²) in [4.78, 5) is 37.1. The van der Waals surface area contributed by atoms with Crippen LogP contribution in [0.5, 0.6) is 0 Å². The van der Waals surface area contributed by atoms with Gasteiger partial charge in [-0.3, -0.25) is 19.7 Å². The van der Waals surface area contributed by atoms with Crippen molar-refractivity contribution in [1.29, 1.82) is 0 Å². The van der Waals surface area contributed by atoms with Gasteiger partial charge in [-0.1, -0.05) is 0 Å². The molecule has 0 aromatic heterocycles. The maximum Gasteiger partial charge on any atom is 0.269 e. The van der Waals surface area contributed by atoms with Gasteiger partial charge >= 0.3 is 0 Å². The van der Waals surface area contributed by atoms with Gasteiger partial charge in [-0.25, -0.2) is 0 Å². The van der Waals surface area contributed by atoms with Gasteiger partial charge in [0.1, 0.15) is 0 Å². The summed E-state index contributed by atoms with van der Waals surface area (Å²) in [5.41, 5.74) is 1.25. The molecule has 31 heavy (non-hydrogen) atoms. The molecule has 0 unspecified atom stereocenters. The van der Waals surface area contributed by atoms with Crippen LogP contribution < -0.4 is 10.6 Å². The molecular formula is C22H34N4O5. The quantitative estimate of drug-likeness (QED) is 0.314. The lowest BCUT2D eigenvalue weighted by Gasteiger charge is -2.31. The molecule has 2 N–H and O–H groups in total. The fourth-order valence-electron chi connectivity index (χ4n) is 3.54. The summed E-state index contributed by atoms with van der Waals surface area (Å²) in [6.07, 6.45) is 2.93. The van der Waals surface area contributed by atoms with Crippen LogP contribution in [0, 0.1) is 23.0 Å². The lowest BCUT2D eigenvalue weighted by atomic mass is 9.96. The Labute approximate surface area is 183 Å². The Bertz CT molecular complexity index is 760. The first-order valence-electron chi connectivity index (χ1n) is 10.9. The standard InChI is InChI=1S/C22H34N4O5/c1-16(2)31-14-4-10-23-22(28)18-7-11-25(12-8-18)13-9-21(27)24-20-6-5-19(26(29)30)15-17(20)3/h5-6,15-16,18H,4,7-14H2,1-3H3,(H,23,28)(H,24,27). The number of anilines is 1. The number of benzene rings is 1. The number of carbonyl (C=O) groups excluding carboxylic acids is 2. The molecule has 1 saturated heterocycles. The number of nitro groups is 1. The van der Waals surface area contributed by atoms with Gasteiger partial charge in [-0.2, -0.15) is 0 Å². The number of nitrogens with one attached hydrogen (secondary N) is 2. The minimum atomic E-state index is -0.455. The van der Waals surface area contributed by atoms with Crippen LogP contribution in [0.2, 0.25) is 0 Å². The van der Waals surface area contributed by atoms with Crippen molar-refractivity contribution in [2.24, 2.45) is 5.92 Å². The summed E-state index contributed by atoms with van der Waals surface area (Å²) in [5.74, 6) is 0.00914. The maximum absolute atomic E-state index is 12.3. The van der Waals surface area contributed by atoms with Crippen LogP contribution >= 0.6 is 0 Å². The molecule has 2 amide bonds. The van der Waals surface area contributed by atoms with Crippen molar-refractivity contribution in [3.8, 4) is 0 Å². The monoisotopic (exact) mass is 434 g/mol. The van der Waals surface area contributed by atoms with Gasteiger partial charge in [0, 0.05) is 49.9 Å². The van der Waals surface area contributed by atoms with E-state index in [0.717, 1.165) is 32.4 Å². The van der Waals surface area contributed by atoms with Gasteiger partial charge in [0.05, 0.1) is 11.0 Å². The maximum atomic E-state index is 12.3. The summed E-state index contributed by atoms with van der Waals surface area (Å²) in [5, 5.41) is 16.6. The normalized spacial score (nSPS) is 15.1. The fourth-order valence-corrected chi connectivity index (χ4v) is 3.54. The Balaban J connectivity index is 1.65. The number of piperidine rings is 1. The van der Waals surface area contributed by atoms with Gasteiger partial charge in [0.25, 0.3) is 5.69 Å². The van der Waals surface area contributed by atoms with Crippen LogP contribution in [0.15, 0.2) is 18.2 Å². The molecule has 1 aromatic carbocycles. The first-order valence-corrected chi connectivity index (χ1v) is 10.9. The number of hydrogen-bond acceptors (Lipinski definition) is 6. The van der Waals surface area contributed by atoms with E-state index in [1.807, 2.05) is 13.8 Å².